The number of ether oxygens (including phenoxy) is 1. The minimum Gasteiger partial charge on any atom is -0.386 e. The van der Waals surface area contributed by atoms with Crippen molar-refractivity contribution in [1.29, 1.82) is 0 Å². The summed E-state index contributed by atoms with van der Waals surface area (Å²) in [5.74, 6) is -0.449. The Bertz CT molecular complexity index is 1920. The first kappa shape index (κ1) is 53.9. The lowest BCUT2D eigenvalue weighted by Crippen LogP contribution is -2.46. The van der Waals surface area contributed by atoms with Crippen molar-refractivity contribution in [2.75, 3.05) is 37.8 Å². The second-order valence-corrected chi connectivity index (χ2v) is 20.9. The van der Waals surface area contributed by atoms with Crippen LogP contribution in [0.1, 0.15) is 98.1 Å². The molecular weight excluding hydrogens is 903 g/mol. The first-order valence-corrected chi connectivity index (χ1v) is 25.5. The molecule has 24 nitrogen and oxygen atoms in total. The number of aliphatic hydroxyl groups is 2. The Morgan fingerprint density at radius 1 is 0.968 bits per heavy atom. The molecule has 0 aromatic carbocycles. The normalized spacial score (nSPS) is 21.3. The highest BCUT2D eigenvalue weighted by molar-refractivity contribution is 8.13. The Hall–Kier alpha value is -2.44. The van der Waals surface area contributed by atoms with Crippen LogP contribution in [-0.2, 0) is 50.7 Å². The van der Waals surface area contributed by atoms with Crippen LogP contribution in [0.2, 0.25) is 0 Å². The van der Waals surface area contributed by atoms with Crippen LogP contribution < -0.4 is 16.4 Å². The fourth-order valence-corrected chi connectivity index (χ4v) is 9.75. The number of thioether (sulfide) groups is 1. The summed E-state index contributed by atoms with van der Waals surface area (Å²) in [6.07, 6.45) is 2.81. The van der Waals surface area contributed by atoms with Gasteiger partial charge in [0.15, 0.2) is 22.8 Å². The van der Waals surface area contributed by atoms with Crippen LogP contribution in [0.5, 0.6) is 0 Å². The number of carbonyl (C=O) groups is 3. The van der Waals surface area contributed by atoms with Crippen molar-refractivity contribution in [1.82, 2.24) is 30.2 Å². The highest BCUT2D eigenvalue weighted by Gasteiger charge is 2.50. The Kier molecular flexibility index (Phi) is 21.5. The molecule has 2 amide bonds. The van der Waals surface area contributed by atoms with Gasteiger partial charge in [-0.25, -0.2) is 28.6 Å². The van der Waals surface area contributed by atoms with Gasteiger partial charge in [-0.1, -0.05) is 84.4 Å². The van der Waals surface area contributed by atoms with Gasteiger partial charge >= 0.3 is 23.5 Å². The number of fused-ring (bicyclic) bond motifs is 1. The second kappa shape index (κ2) is 24.7. The summed E-state index contributed by atoms with van der Waals surface area (Å²) in [5, 5.41) is 26.6. The van der Waals surface area contributed by atoms with E-state index in [0.717, 1.165) is 41.8 Å². The van der Waals surface area contributed by atoms with Crippen molar-refractivity contribution in [2.45, 2.75) is 123 Å². The molecule has 1 aliphatic heterocycles. The van der Waals surface area contributed by atoms with E-state index in [9.17, 15) is 57.9 Å². The van der Waals surface area contributed by atoms with E-state index in [0.29, 0.717) is 18.1 Å². The largest absolute Gasteiger partial charge is 0.481 e. The minimum absolute atomic E-state index is 0.0330. The third kappa shape index (κ3) is 18.2. The molecule has 3 rings (SSSR count). The van der Waals surface area contributed by atoms with E-state index in [1.54, 1.807) is 0 Å². The number of phosphoric acid groups is 3. The molecule has 1 fully saturated rings. The van der Waals surface area contributed by atoms with E-state index >= 15 is 0 Å². The average Bonchev–Trinajstić information content (AvgIpc) is 3.74. The summed E-state index contributed by atoms with van der Waals surface area (Å²) < 4.78 is 62.3. The summed E-state index contributed by atoms with van der Waals surface area (Å²) >= 11 is 1.15. The summed E-state index contributed by atoms with van der Waals surface area (Å²) in [6, 6.07) is 0. The predicted octanol–water partition coefficient (Wildman–Crippen LogP) is 2.83. The molecule has 2 aromatic rings. The number of anilines is 1. The van der Waals surface area contributed by atoms with Crippen molar-refractivity contribution in [2.24, 2.45) is 11.3 Å². The lowest BCUT2D eigenvalue weighted by Gasteiger charge is -2.30. The minimum atomic E-state index is -5.57. The quantitative estimate of drug-likeness (QED) is 0.0418. The summed E-state index contributed by atoms with van der Waals surface area (Å²) in [6.45, 7) is 4.97. The van der Waals surface area contributed by atoms with E-state index in [-0.39, 0.29) is 41.6 Å². The Balaban J connectivity index is 1.39. The van der Waals surface area contributed by atoms with E-state index in [2.05, 4.69) is 48.3 Å². The molecule has 8 unspecified atom stereocenters. The van der Waals surface area contributed by atoms with E-state index in [4.69, 9.17) is 19.5 Å². The summed E-state index contributed by atoms with van der Waals surface area (Å²) in [4.78, 5) is 88.2. The first-order valence-electron chi connectivity index (χ1n) is 20.0. The number of aliphatic hydroxyl groups excluding tert-OH is 2. The molecule has 0 radical (unpaired) electrons. The highest BCUT2D eigenvalue weighted by Crippen LogP contribution is 2.61. The van der Waals surface area contributed by atoms with Crippen molar-refractivity contribution < 1.29 is 80.5 Å². The number of imidazole rings is 1. The molecule has 28 heteroatoms. The number of amides is 2. The molecule has 1 aliphatic rings. The zero-order valence-corrected chi connectivity index (χ0v) is 38.5. The van der Waals surface area contributed by atoms with Gasteiger partial charge in [-0.15, -0.1) is 0 Å². The molecule has 62 heavy (non-hydrogen) atoms. The second-order valence-electron chi connectivity index (χ2n) is 15.5. The molecule has 1 saturated heterocycles. The number of nitrogens with one attached hydrogen (secondary N) is 2. The highest BCUT2D eigenvalue weighted by atomic mass is 32.2. The number of nitrogen functional groups attached to an aromatic ring is 1. The molecule has 0 spiro atoms. The van der Waals surface area contributed by atoms with Gasteiger partial charge in [0.05, 0.1) is 19.5 Å². The number of rotatable bonds is 29. The van der Waals surface area contributed by atoms with Gasteiger partial charge in [0.2, 0.25) is 11.8 Å². The van der Waals surface area contributed by atoms with Crippen molar-refractivity contribution >= 4 is 69.1 Å². The van der Waals surface area contributed by atoms with Crippen molar-refractivity contribution in [3.8, 4) is 0 Å². The molecule has 10 N–H and O–H groups in total. The lowest BCUT2D eigenvalue weighted by molar-refractivity contribution is -0.137. The summed E-state index contributed by atoms with van der Waals surface area (Å²) in [7, 11) is -16.4. The van der Waals surface area contributed by atoms with Crippen LogP contribution in [0.4, 0.5) is 5.82 Å². The van der Waals surface area contributed by atoms with Gasteiger partial charge in [-0.2, -0.15) is 4.31 Å². The van der Waals surface area contributed by atoms with Crippen molar-refractivity contribution in [3.05, 3.63) is 12.7 Å². The van der Waals surface area contributed by atoms with Crippen LogP contribution in [0.3, 0.4) is 0 Å². The molecular formula is C34H60N7O17P3S. The van der Waals surface area contributed by atoms with Gasteiger partial charge in [0.25, 0.3) is 0 Å². The van der Waals surface area contributed by atoms with Gasteiger partial charge < -0.3 is 50.9 Å². The molecule has 3 heterocycles. The topological polar surface area (TPSA) is 364 Å². The third-order valence-electron chi connectivity index (χ3n) is 9.64. The van der Waals surface area contributed by atoms with Gasteiger partial charge in [0, 0.05) is 37.1 Å². The molecule has 0 saturated carbocycles. The molecule has 0 bridgehead atoms. The summed E-state index contributed by atoms with van der Waals surface area (Å²) in [5.41, 5.74) is 4.28. The van der Waals surface area contributed by atoms with Crippen LogP contribution in [0, 0.1) is 11.3 Å². The predicted molar refractivity (Wildman–Crippen MR) is 223 cm³/mol. The molecule has 0 aliphatic carbocycles. The van der Waals surface area contributed by atoms with Crippen LogP contribution >= 0.6 is 35.2 Å². The fourth-order valence-electron chi connectivity index (χ4n) is 6.20. The zero-order chi connectivity index (χ0) is 46.3. The number of phosphoric ester groups is 3. The Morgan fingerprint density at radius 3 is 2.34 bits per heavy atom. The maximum absolute atomic E-state index is 12.7. The smallest absolute Gasteiger partial charge is 0.386 e. The molecule has 2 aromatic heterocycles. The molecule has 8 atom stereocenters. The van der Waals surface area contributed by atoms with E-state index < -0.39 is 84.6 Å². The monoisotopic (exact) mass is 963 g/mol. The SMILES string of the molecule is CCCCCCCC(C)CCCC(=O)SCCNC(=O)CCNC(=O)C(O)C(C)(C)COP(=O)(O)OP(=O)(O)OCC1OC(n2cnc3c(N)ncnc32)C(O)C1OP(=O)(O)O. The molecule has 354 valence electrons. The van der Waals surface area contributed by atoms with E-state index in [1.807, 2.05) is 0 Å². The number of carbonyl (C=O) groups excluding carboxylic acids is 3. The third-order valence-corrected chi connectivity index (χ3v) is 13.7. The number of hydrogen-bond acceptors (Lipinski definition) is 18. The Labute approximate surface area is 363 Å². The van der Waals surface area contributed by atoms with Crippen LogP contribution in [0.15, 0.2) is 12.7 Å². The number of aromatic nitrogens is 4. The Morgan fingerprint density at radius 2 is 1.65 bits per heavy atom. The zero-order valence-electron chi connectivity index (χ0n) is 35.0. The maximum atomic E-state index is 12.7. The number of hydrogen-bond donors (Lipinski definition) is 9. The average molecular weight is 964 g/mol. The van der Waals surface area contributed by atoms with Crippen LogP contribution in [0.25, 0.3) is 11.2 Å². The maximum Gasteiger partial charge on any atom is 0.481 e. The lowest BCUT2D eigenvalue weighted by atomic mass is 9.87. The number of nitrogens with zero attached hydrogens (tertiary/aromatic N) is 4. The van der Waals surface area contributed by atoms with Crippen LogP contribution in [-0.4, -0.2) is 123 Å². The van der Waals surface area contributed by atoms with Gasteiger partial charge in [-0.3, -0.25) is 32.5 Å². The van der Waals surface area contributed by atoms with Crippen molar-refractivity contribution in [3.63, 3.8) is 0 Å². The first-order chi connectivity index (χ1) is 28.9. The van der Waals surface area contributed by atoms with E-state index in [1.165, 1.54) is 52.4 Å². The number of unbranched alkanes of at least 4 members (excludes halogenated alkanes) is 4. The number of nitrogens with two attached hydrogens (primary N) is 1. The standard InChI is InChI=1S/C34H60N7O17P3S/c1-5-6-7-8-9-11-22(2)12-10-13-25(43)62-17-16-36-24(42)14-15-37-32(46)29(45)34(3,4)19-55-61(52,53)58-60(50,51)54-18-23-28(57-59(47,48)49)27(44)33(56-23)41-21-40-26-30(35)38-20-39-31(26)41/h20-23,27-29,33,44-45H,5-19H2,1-4H3,(H,36,42)(H,37,46)(H,50,51)(H,52,53)(H2,35,38,39)(H2,47,48,49). The van der Waals surface area contributed by atoms with Gasteiger partial charge in [0.1, 0.15) is 36.3 Å². The fraction of sp³-hybridized carbons (Fsp3) is 0.765. The van der Waals surface area contributed by atoms with Gasteiger partial charge in [-0.05, 0) is 12.3 Å².